The summed E-state index contributed by atoms with van der Waals surface area (Å²) in [4.78, 5) is 29.5. The Labute approximate surface area is 132 Å². The van der Waals surface area contributed by atoms with E-state index in [2.05, 4.69) is 4.90 Å². The summed E-state index contributed by atoms with van der Waals surface area (Å²) < 4.78 is 5.80. The van der Waals surface area contributed by atoms with Crippen LogP contribution >= 0.6 is 0 Å². The molecular weight excluding hydrogens is 282 g/mol. The molecule has 0 aliphatic carbocycles. The summed E-state index contributed by atoms with van der Waals surface area (Å²) in [5.74, 6) is 0.696. The molecule has 22 heavy (non-hydrogen) atoms. The van der Waals surface area contributed by atoms with Gasteiger partial charge in [0.15, 0.2) is 0 Å². The molecule has 0 radical (unpaired) electrons. The van der Waals surface area contributed by atoms with E-state index in [-0.39, 0.29) is 24.5 Å². The zero-order valence-electron chi connectivity index (χ0n) is 13.7. The second kappa shape index (κ2) is 6.54. The zero-order valence-corrected chi connectivity index (χ0v) is 13.7. The average Bonchev–Trinajstić information content (AvgIpc) is 2.66. The van der Waals surface area contributed by atoms with E-state index in [0.29, 0.717) is 12.0 Å². The van der Waals surface area contributed by atoms with Crippen molar-refractivity contribution in [2.24, 2.45) is 5.92 Å². The summed E-state index contributed by atoms with van der Waals surface area (Å²) in [5, 5.41) is 0. The van der Waals surface area contributed by atoms with Crippen LogP contribution in [0.4, 0.5) is 0 Å². The lowest BCUT2D eigenvalue weighted by atomic mass is 9.91. The number of ether oxygens (including phenoxy) is 1. The highest BCUT2D eigenvalue weighted by Gasteiger charge is 2.37. The fourth-order valence-corrected chi connectivity index (χ4v) is 4.05. The third-order valence-electron chi connectivity index (χ3n) is 5.48. The SMILES string of the molecule is CC(=O)N1CCC(N2CC[C@@H]3OCC(=O)N(C)C[C@H]3C2)CC1. The van der Waals surface area contributed by atoms with Crippen LogP contribution in [0.25, 0.3) is 0 Å². The van der Waals surface area contributed by atoms with Crippen molar-refractivity contribution in [3.05, 3.63) is 0 Å². The lowest BCUT2D eigenvalue weighted by molar-refractivity contribution is -0.134. The van der Waals surface area contributed by atoms with Crippen LogP contribution in [0.3, 0.4) is 0 Å². The van der Waals surface area contributed by atoms with E-state index in [1.165, 1.54) is 0 Å². The lowest BCUT2D eigenvalue weighted by Gasteiger charge is -2.44. The normalized spacial score (nSPS) is 31.8. The minimum atomic E-state index is 0.0933. The van der Waals surface area contributed by atoms with Crippen molar-refractivity contribution in [1.82, 2.24) is 14.7 Å². The third-order valence-corrected chi connectivity index (χ3v) is 5.48. The number of likely N-dealkylation sites (tertiary alicyclic amines) is 2. The second-order valence-electron chi connectivity index (χ2n) is 6.90. The fraction of sp³-hybridized carbons (Fsp3) is 0.875. The quantitative estimate of drug-likeness (QED) is 0.693. The van der Waals surface area contributed by atoms with Crippen LogP contribution in [0, 0.1) is 5.92 Å². The molecule has 0 saturated carbocycles. The Morgan fingerprint density at radius 1 is 1.14 bits per heavy atom. The first kappa shape index (κ1) is 15.7. The summed E-state index contributed by atoms with van der Waals surface area (Å²) >= 11 is 0. The number of piperidine rings is 2. The van der Waals surface area contributed by atoms with Crippen LogP contribution in [-0.4, -0.2) is 85.0 Å². The topological polar surface area (TPSA) is 53.1 Å². The van der Waals surface area contributed by atoms with E-state index in [1.807, 2.05) is 16.8 Å². The van der Waals surface area contributed by atoms with Crippen molar-refractivity contribution in [1.29, 1.82) is 0 Å². The van der Waals surface area contributed by atoms with Crippen molar-refractivity contribution < 1.29 is 14.3 Å². The number of carbonyl (C=O) groups excluding carboxylic acids is 2. The predicted molar refractivity (Wildman–Crippen MR) is 82.3 cm³/mol. The van der Waals surface area contributed by atoms with Crippen molar-refractivity contribution in [3.8, 4) is 0 Å². The monoisotopic (exact) mass is 309 g/mol. The van der Waals surface area contributed by atoms with E-state index in [1.54, 1.807) is 6.92 Å². The molecule has 0 aromatic rings. The standard InChI is InChI=1S/C16H27N3O3/c1-12(20)18-6-3-14(4-7-18)19-8-5-15-13(10-19)9-17(2)16(21)11-22-15/h13-15H,3-11H2,1-2H3/t13-,15-/m0/s1. The van der Waals surface area contributed by atoms with Crippen LogP contribution < -0.4 is 0 Å². The van der Waals surface area contributed by atoms with Crippen LogP contribution in [-0.2, 0) is 14.3 Å². The summed E-state index contributed by atoms with van der Waals surface area (Å²) in [6, 6.07) is 0.570. The molecular formula is C16H27N3O3. The number of nitrogens with zero attached hydrogens (tertiary/aromatic N) is 3. The molecule has 0 aromatic carbocycles. The van der Waals surface area contributed by atoms with Gasteiger partial charge in [-0.25, -0.2) is 0 Å². The van der Waals surface area contributed by atoms with Crippen LogP contribution in [0.15, 0.2) is 0 Å². The number of hydrogen-bond acceptors (Lipinski definition) is 4. The highest BCUT2D eigenvalue weighted by molar-refractivity contribution is 5.77. The maximum absolute atomic E-state index is 11.8. The number of fused-ring (bicyclic) bond motifs is 1. The molecule has 3 aliphatic heterocycles. The van der Waals surface area contributed by atoms with Crippen molar-refractivity contribution in [2.75, 3.05) is 46.4 Å². The Kier molecular flexibility index (Phi) is 4.68. The van der Waals surface area contributed by atoms with Gasteiger partial charge in [0.25, 0.3) is 0 Å². The number of rotatable bonds is 1. The van der Waals surface area contributed by atoms with Gasteiger partial charge in [0.05, 0.1) is 6.10 Å². The second-order valence-corrected chi connectivity index (χ2v) is 6.90. The lowest BCUT2D eigenvalue weighted by Crippen LogP contribution is -2.53. The summed E-state index contributed by atoms with van der Waals surface area (Å²) in [7, 11) is 1.87. The molecule has 3 heterocycles. The number of likely N-dealkylation sites (N-methyl/N-ethyl adjacent to an activating group) is 1. The van der Waals surface area contributed by atoms with E-state index in [4.69, 9.17) is 4.74 Å². The number of hydrogen-bond donors (Lipinski definition) is 0. The van der Waals surface area contributed by atoms with Crippen LogP contribution in [0.2, 0.25) is 0 Å². The van der Waals surface area contributed by atoms with Crippen molar-refractivity contribution in [3.63, 3.8) is 0 Å². The van der Waals surface area contributed by atoms with Gasteiger partial charge in [-0.1, -0.05) is 0 Å². The molecule has 6 heteroatoms. The highest BCUT2D eigenvalue weighted by atomic mass is 16.5. The molecule has 3 rings (SSSR count). The van der Waals surface area contributed by atoms with E-state index in [9.17, 15) is 9.59 Å². The van der Waals surface area contributed by atoms with Crippen LogP contribution in [0.1, 0.15) is 26.2 Å². The maximum atomic E-state index is 11.8. The molecule has 3 fully saturated rings. The Morgan fingerprint density at radius 2 is 1.86 bits per heavy atom. The minimum absolute atomic E-state index is 0.0933. The first-order valence-electron chi connectivity index (χ1n) is 8.39. The molecule has 0 spiro atoms. The number of carbonyl (C=O) groups is 2. The van der Waals surface area contributed by atoms with Gasteiger partial charge >= 0.3 is 0 Å². The molecule has 0 unspecified atom stereocenters. The molecule has 2 amide bonds. The first-order valence-corrected chi connectivity index (χ1v) is 8.39. The molecule has 3 saturated heterocycles. The van der Waals surface area contributed by atoms with Crippen molar-refractivity contribution >= 4 is 11.8 Å². The van der Waals surface area contributed by atoms with Gasteiger partial charge in [-0.2, -0.15) is 0 Å². The molecule has 0 aromatic heterocycles. The fourth-order valence-electron chi connectivity index (χ4n) is 4.05. The molecule has 124 valence electrons. The van der Waals surface area contributed by atoms with Gasteiger partial charge in [0.2, 0.25) is 11.8 Å². The Morgan fingerprint density at radius 3 is 2.55 bits per heavy atom. The molecule has 6 nitrogen and oxygen atoms in total. The molecule has 2 atom stereocenters. The molecule has 0 N–H and O–H groups in total. The third kappa shape index (κ3) is 3.27. The largest absolute Gasteiger partial charge is 0.368 e. The van der Waals surface area contributed by atoms with E-state index >= 15 is 0 Å². The van der Waals surface area contributed by atoms with Gasteiger partial charge in [-0.05, 0) is 19.3 Å². The highest BCUT2D eigenvalue weighted by Crippen LogP contribution is 2.27. The molecule has 3 aliphatic rings. The zero-order chi connectivity index (χ0) is 15.7. The average molecular weight is 309 g/mol. The maximum Gasteiger partial charge on any atom is 0.248 e. The van der Waals surface area contributed by atoms with Crippen molar-refractivity contribution in [2.45, 2.75) is 38.3 Å². The van der Waals surface area contributed by atoms with Gasteiger partial charge in [0, 0.05) is 58.7 Å². The van der Waals surface area contributed by atoms with Gasteiger partial charge < -0.3 is 14.5 Å². The van der Waals surface area contributed by atoms with E-state index in [0.717, 1.165) is 52.0 Å². The smallest absolute Gasteiger partial charge is 0.248 e. The van der Waals surface area contributed by atoms with Gasteiger partial charge in [-0.3, -0.25) is 14.5 Å². The Balaban J connectivity index is 1.57. The predicted octanol–water partition coefficient (Wildman–Crippen LogP) is 0.176. The van der Waals surface area contributed by atoms with Crippen LogP contribution in [0.5, 0.6) is 0 Å². The first-order chi connectivity index (χ1) is 10.5. The van der Waals surface area contributed by atoms with Gasteiger partial charge in [0.1, 0.15) is 6.61 Å². The Bertz CT molecular complexity index is 434. The van der Waals surface area contributed by atoms with E-state index < -0.39 is 0 Å². The summed E-state index contributed by atoms with van der Waals surface area (Å²) in [6.07, 6.45) is 3.36. The number of amides is 2. The summed E-state index contributed by atoms with van der Waals surface area (Å²) in [5.41, 5.74) is 0. The Hall–Kier alpha value is -1.14. The van der Waals surface area contributed by atoms with Gasteiger partial charge in [-0.15, -0.1) is 0 Å². The molecule has 0 bridgehead atoms. The minimum Gasteiger partial charge on any atom is -0.368 e. The summed E-state index contributed by atoms with van der Waals surface area (Å²) in [6.45, 7) is 6.48.